The van der Waals surface area contributed by atoms with Crippen LogP contribution in [-0.4, -0.2) is 50.3 Å². The number of fused-ring (bicyclic) bond motifs is 1. The Bertz CT molecular complexity index is 1920. The van der Waals surface area contributed by atoms with Crippen LogP contribution in [0.15, 0.2) is 73.1 Å². The van der Waals surface area contributed by atoms with Crippen LogP contribution in [-0.2, 0) is 6.18 Å². The first-order valence-corrected chi connectivity index (χ1v) is 14.2. The molecule has 3 heterocycles. The van der Waals surface area contributed by atoms with E-state index in [9.17, 15) is 28.2 Å². The molecule has 1 fully saturated rings. The fourth-order valence-electron chi connectivity index (χ4n) is 5.53. The third-order valence-electron chi connectivity index (χ3n) is 7.92. The van der Waals surface area contributed by atoms with Crippen LogP contribution in [0.1, 0.15) is 34.3 Å². The summed E-state index contributed by atoms with van der Waals surface area (Å²) in [5, 5.41) is 24.9. The molecule has 0 unspecified atom stereocenters. The van der Waals surface area contributed by atoms with E-state index in [1.54, 1.807) is 42.7 Å². The van der Waals surface area contributed by atoms with Gasteiger partial charge in [-0.25, -0.2) is 15.0 Å². The van der Waals surface area contributed by atoms with Gasteiger partial charge >= 0.3 is 6.18 Å². The number of piperidine rings is 1. The molecule has 230 valence electrons. The number of phenols is 1. The summed E-state index contributed by atoms with van der Waals surface area (Å²) < 4.78 is 39.6. The Morgan fingerprint density at radius 2 is 1.80 bits per heavy atom. The Labute approximate surface area is 256 Å². The van der Waals surface area contributed by atoms with E-state index < -0.39 is 17.6 Å². The van der Waals surface area contributed by atoms with Crippen molar-refractivity contribution in [3.63, 3.8) is 0 Å². The lowest BCUT2D eigenvalue weighted by Crippen LogP contribution is -2.36. The molecular formula is C33H29F3N6O3. The number of nitrogen functional groups attached to an aromatic ring is 1. The molecule has 0 bridgehead atoms. The number of rotatable bonds is 5. The number of carbonyl (C=O) groups is 1. The van der Waals surface area contributed by atoms with Crippen LogP contribution >= 0.6 is 0 Å². The number of alkyl halides is 3. The Hall–Kier alpha value is -5.23. The summed E-state index contributed by atoms with van der Waals surface area (Å²) in [6, 6.07) is 14.6. The number of benzene rings is 3. The molecule has 12 heteroatoms. The van der Waals surface area contributed by atoms with E-state index in [0.29, 0.717) is 64.9 Å². The minimum absolute atomic E-state index is 0.000711. The number of amides is 1. The van der Waals surface area contributed by atoms with Crippen molar-refractivity contribution in [1.82, 2.24) is 15.0 Å². The summed E-state index contributed by atoms with van der Waals surface area (Å²) in [4.78, 5) is 28.3. The summed E-state index contributed by atoms with van der Waals surface area (Å²) in [5.41, 5.74) is 8.37. The lowest BCUT2D eigenvalue weighted by Gasteiger charge is -2.30. The van der Waals surface area contributed by atoms with Crippen LogP contribution in [0.3, 0.4) is 0 Å². The predicted molar refractivity (Wildman–Crippen MR) is 166 cm³/mol. The fraction of sp³-hybridized carbons (Fsp3) is 0.212. The molecular weight excluding hydrogens is 585 g/mol. The first kappa shape index (κ1) is 29.8. The molecule has 0 atom stereocenters. The van der Waals surface area contributed by atoms with E-state index in [2.05, 4.69) is 25.2 Å². The Kier molecular flexibility index (Phi) is 7.75. The van der Waals surface area contributed by atoms with Crippen molar-refractivity contribution in [3.8, 4) is 28.0 Å². The smallest absolute Gasteiger partial charge is 0.416 e. The second-order valence-electron chi connectivity index (χ2n) is 11.0. The maximum atomic E-state index is 13.2. The van der Waals surface area contributed by atoms with E-state index in [1.165, 1.54) is 12.1 Å². The van der Waals surface area contributed by atoms with Gasteiger partial charge in [-0.1, -0.05) is 12.1 Å². The standard InChI is InChI=1S/C33H29F3N6O3/c1-18-5-6-20(31(45)40-23-4-2-3-22(16-23)33(34,35)36)13-25(18)26-14-21-17-39-32(37)41-29(21)28(30(26)44)19-7-10-38-27(15-19)42-11-8-24(43)9-12-42/h2-7,10,13-17,24,43-44H,8-9,11-12H2,1H3,(H,40,45)(H2,37,39,41). The number of nitrogens with one attached hydrogen (secondary N) is 1. The number of carbonyl (C=O) groups excluding carboxylic acids is 1. The van der Waals surface area contributed by atoms with Crippen LogP contribution < -0.4 is 16.0 Å². The number of hydrogen-bond acceptors (Lipinski definition) is 8. The Morgan fingerprint density at radius 1 is 1.02 bits per heavy atom. The highest BCUT2D eigenvalue weighted by Gasteiger charge is 2.30. The molecule has 5 aromatic rings. The zero-order valence-electron chi connectivity index (χ0n) is 24.1. The number of nitrogens with two attached hydrogens (primary N) is 1. The lowest BCUT2D eigenvalue weighted by molar-refractivity contribution is -0.137. The number of hydrogen-bond donors (Lipinski definition) is 4. The summed E-state index contributed by atoms with van der Waals surface area (Å²) in [6.07, 6.45) is -0.463. The molecule has 5 N–H and O–H groups in total. The summed E-state index contributed by atoms with van der Waals surface area (Å²) >= 11 is 0. The molecule has 0 aliphatic carbocycles. The zero-order chi connectivity index (χ0) is 31.9. The number of phenolic OH excluding ortho intramolecular Hbond substituents is 1. The first-order chi connectivity index (χ1) is 21.5. The number of aromatic nitrogens is 3. The Morgan fingerprint density at radius 3 is 2.56 bits per heavy atom. The van der Waals surface area contributed by atoms with Crippen molar-refractivity contribution in [1.29, 1.82) is 0 Å². The molecule has 0 spiro atoms. The predicted octanol–water partition coefficient (Wildman–Crippen LogP) is 6.19. The molecule has 45 heavy (non-hydrogen) atoms. The van der Waals surface area contributed by atoms with E-state index in [1.807, 2.05) is 13.0 Å². The molecule has 0 radical (unpaired) electrons. The normalized spacial score (nSPS) is 14.1. The average Bonchev–Trinajstić information content (AvgIpc) is 3.01. The second-order valence-corrected chi connectivity index (χ2v) is 11.0. The number of aryl methyl sites for hydroxylation is 1. The van der Waals surface area contributed by atoms with Crippen LogP contribution in [0.25, 0.3) is 33.2 Å². The minimum Gasteiger partial charge on any atom is -0.507 e. The van der Waals surface area contributed by atoms with Crippen LogP contribution in [0.2, 0.25) is 0 Å². The van der Waals surface area contributed by atoms with Crippen molar-refractivity contribution in [2.24, 2.45) is 0 Å². The third kappa shape index (κ3) is 6.09. The molecule has 3 aromatic carbocycles. The van der Waals surface area contributed by atoms with Gasteiger partial charge in [0, 0.05) is 47.7 Å². The number of aliphatic hydroxyl groups excluding tert-OH is 1. The molecule has 0 saturated carbocycles. The van der Waals surface area contributed by atoms with Crippen molar-refractivity contribution >= 4 is 34.3 Å². The quantitative estimate of drug-likeness (QED) is 0.184. The topological polar surface area (TPSA) is 137 Å². The van der Waals surface area contributed by atoms with Gasteiger partial charge in [-0.2, -0.15) is 13.2 Å². The maximum absolute atomic E-state index is 13.2. The summed E-state index contributed by atoms with van der Waals surface area (Å²) in [6.45, 7) is 3.09. The first-order valence-electron chi connectivity index (χ1n) is 14.2. The molecule has 9 nitrogen and oxygen atoms in total. The highest BCUT2D eigenvalue weighted by atomic mass is 19.4. The number of nitrogens with zero attached hydrogens (tertiary/aromatic N) is 4. The molecule has 1 amide bonds. The number of aromatic hydroxyl groups is 1. The van der Waals surface area contributed by atoms with Gasteiger partial charge in [-0.3, -0.25) is 4.79 Å². The van der Waals surface area contributed by atoms with Gasteiger partial charge in [-0.15, -0.1) is 0 Å². The van der Waals surface area contributed by atoms with Crippen LogP contribution in [0.5, 0.6) is 5.75 Å². The number of halogens is 3. The zero-order valence-corrected chi connectivity index (χ0v) is 24.1. The van der Waals surface area contributed by atoms with Gasteiger partial charge < -0.3 is 26.2 Å². The highest BCUT2D eigenvalue weighted by Crippen LogP contribution is 2.44. The number of anilines is 3. The van der Waals surface area contributed by atoms with Crippen molar-refractivity contribution in [2.45, 2.75) is 32.0 Å². The largest absolute Gasteiger partial charge is 0.507 e. The maximum Gasteiger partial charge on any atom is 0.416 e. The van der Waals surface area contributed by atoms with Crippen LogP contribution in [0.4, 0.5) is 30.6 Å². The van der Waals surface area contributed by atoms with E-state index in [4.69, 9.17) is 5.73 Å². The fourth-order valence-corrected chi connectivity index (χ4v) is 5.53. The highest BCUT2D eigenvalue weighted by molar-refractivity contribution is 6.06. The SMILES string of the molecule is Cc1ccc(C(=O)Nc2cccc(C(F)(F)F)c2)cc1-c1cc2cnc(N)nc2c(-c2ccnc(N3CCC(O)CC3)c2)c1O. The second kappa shape index (κ2) is 11.7. The van der Waals surface area contributed by atoms with Crippen LogP contribution in [0, 0.1) is 6.92 Å². The molecule has 1 aliphatic rings. The van der Waals surface area contributed by atoms with Gasteiger partial charge in [-0.05, 0) is 85.0 Å². The Balaban J connectivity index is 1.43. The monoisotopic (exact) mass is 614 g/mol. The third-order valence-corrected chi connectivity index (χ3v) is 7.92. The minimum atomic E-state index is -4.55. The van der Waals surface area contributed by atoms with Crippen molar-refractivity contribution in [2.75, 3.05) is 29.0 Å². The van der Waals surface area contributed by atoms with Crippen molar-refractivity contribution < 1.29 is 28.2 Å². The van der Waals surface area contributed by atoms with E-state index >= 15 is 0 Å². The summed E-state index contributed by atoms with van der Waals surface area (Å²) in [7, 11) is 0. The molecule has 6 rings (SSSR count). The van der Waals surface area contributed by atoms with Gasteiger partial charge in [0.2, 0.25) is 5.95 Å². The lowest BCUT2D eigenvalue weighted by atomic mass is 9.91. The number of aliphatic hydroxyl groups is 1. The van der Waals surface area contributed by atoms with E-state index in [0.717, 1.165) is 17.7 Å². The molecule has 2 aromatic heterocycles. The van der Waals surface area contributed by atoms with Gasteiger partial charge in [0.05, 0.1) is 22.7 Å². The summed E-state index contributed by atoms with van der Waals surface area (Å²) in [5.74, 6) is -0.00794. The molecule has 1 saturated heterocycles. The van der Waals surface area contributed by atoms with Crippen molar-refractivity contribution in [3.05, 3.63) is 89.7 Å². The molecule has 1 aliphatic heterocycles. The van der Waals surface area contributed by atoms with Gasteiger partial charge in [0.25, 0.3) is 5.91 Å². The van der Waals surface area contributed by atoms with Gasteiger partial charge in [0.1, 0.15) is 11.6 Å². The van der Waals surface area contributed by atoms with E-state index in [-0.39, 0.29) is 29.1 Å². The van der Waals surface area contributed by atoms with Gasteiger partial charge in [0.15, 0.2) is 0 Å². The average molecular weight is 615 g/mol. The number of pyridine rings is 1.